The number of non-ortho nitro benzene ring substituents is 1. The average Bonchev–Trinajstić information content (AvgIpc) is 2.73. The highest BCUT2D eigenvalue weighted by Crippen LogP contribution is 2.13. The van der Waals surface area contributed by atoms with Crippen molar-refractivity contribution in [3.63, 3.8) is 0 Å². The van der Waals surface area contributed by atoms with Gasteiger partial charge in [0.15, 0.2) is 5.96 Å². The van der Waals surface area contributed by atoms with E-state index in [9.17, 15) is 14.9 Å². The van der Waals surface area contributed by atoms with Crippen LogP contribution in [0, 0.1) is 10.1 Å². The first-order chi connectivity index (χ1) is 14.0. The molecule has 0 bridgehead atoms. The SMILES string of the molecule is CCCCNC(=NCc1ccc([N+](=O)[O-])cc1)NC1CCN(C(=O)OCC)CC1.I. The van der Waals surface area contributed by atoms with E-state index >= 15 is 0 Å². The van der Waals surface area contributed by atoms with Gasteiger partial charge in [-0.2, -0.15) is 0 Å². The predicted octanol–water partition coefficient (Wildman–Crippen LogP) is 3.67. The third kappa shape index (κ3) is 8.72. The van der Waals surface area contributed by atoms with Gasteiger partial charge in [-0.15, -0.1) is 24.0 Å². The normalized spacial score (nSPS) is 14.6. The number of guanidine groups is 1. The van der Waals surface area contributed by atoms with E-state index in [1.807, 2.05) is 6.92 Å². The van der Waals surface area contributed by atoms with Gasteiger partial charge in [0.05, 0.1) is 18.1 Å². The van der Waals surface area contributed by atoms with E-state index in [0.717, 1.165) is 43.8 Å². The lowest BCUT2D eigenvalue weighted by molar-refractivity contribution is -0.384. The van der Waals surface area contributed by atoms with Crippen molar-refractivity contribution in [2.24, 2.45) is 4.99 Å². The van der Waals surface area contributed by atoms with E-state index < -0.39 is 4.92 Å². The predicted molar refractivity (Wildman–Crippen MR) is 127 cm³/mol. The number of halogens is 1. The lowest BCUT2D eigenvalue weighted by atomic mass is 10.1. The number of carbonyl (C=O) groups is 1. The summed E-state index contributed by atoms with van der Waals surface area (Å²) in [5, 5.41) is 17.6. The molecule has 0 unspecified atom stereocenters. The van der Waals surface area contributed by atoms with E-state index in [1.165, 1.54) is 12.1 Å². The van der Waals surface area contributed by atoms with Gasteiger partial charge in [0.1, 0.15) is 0 Å². The highest BCUT2D eigenvalue weighted by atomic mass is 127. The van der Waals surface area contributed by atoms with Gasteiger partial charge in [-0.3, -0.25) is 10.1 Å². The Morgan fingerprint density at radius 3 is 2.50 bits per heavy atom. The Kier molecular flexibility index (Phi) is 12.1. The van der Waals surface area contributed by atoms with Gasteiger partial charge in [0, 0.05) is 37.8 Å². The number of ether oxygens (including phenoxy) is 1. The van der Waals surface area contributed by atoms with Crippen molar-refractivity contribution in [1.82, 2.24) is 15.5 Å². The van der Waals surface area contributed by atoms with Crippen LogP contribution < -0.4 is 10.6 Å². The zero-order valence-electron chi connectivity index (χ0n) is 17.6. The third-order valence-corrected chi connectivity index (χ3v) is 4.75. The number of aliphatic imine (C=N–C) groups is 1. The average molecular weight is 533 g/mol. The van der Waals surface area contributed by atoms with Crippen molar-refractivity contribution in [3.8, 4) is 0 Å². The summed E-state index contributed by atoms with van der Waals surface area (Å²) in [5.41, 5.74) is 0.981. The molecule has 1 aromatic rings. The smallest absolute Gasteiger partial charge is 0.409 e. The fraction of sp³-hybridized carbons (Fsp3) is 0.600. The highest BCUT2D eigenvalue weighted by molar-refractivity contribution is 14.0. The number of unbranched alkanes of at least 4 members (excludes halogenated alkanes) is 1. The summed E-state index contributed by atoms with van der Waals surface area (Å²) in [4.78, 5) is 28.6. The molecule has 1 amide bonds. The van der Waals surface area contributed by atoms with E-state index in [2.05, 4.69) is 22.5 Å². The molecule has 168 valence electrons. The minimum absolute atomic E-state index is 0. The Morgan fingerprint density at radius 2 is 1.93 bits per heavy atom. The second-order valence-corrected chi connectivity index (χ2v) is 6.97. The number of hydrogen-bond donors (Lipinski definition) is 2. The standard InChI is InChI=1S/C20H31N5O4.HI/c1-3-5-12-21-19(22-15-16-6-8-18(9-7-16)25(27)28)23-17-10-13-24(14-11-17)20(26)29-4-2;/h6-9,17H,3-5,10-15H2,1-2H3,(H2,21,22,23);1H. The van der Waals surface area contributed by atoms with Crippen LogP contribution in [0.1, 0.15) is 45.1 Å². The first-order valence-electron chi connectivity index (χ1n) is 10.2. The lowest BCUT2D eigenvalue weighted by Gasteiger charge is -2.32. The molecule has 0 saturated carbocycles. The third-order valence-electron chi connectivity index (χ3n) is 4.75. The molecule has 2 rings (SSSR count). The van der Waals surface area contributed by atoms with Crippen molar-refractivity contribution in [3.05, 3.63) is 39.9 Å². The van der Waals surface area contributed by atoms with E-state index in [0.29, 0.717) is 26.2 Å². The molecule has 2 N–H and O–H groups in total. The molecule has 1 heterocycles. The Bertz CT molecular complexity index is 691. The molecule has 1 aliphatic rings. The molecule has 30 heavy (non-hydrogen) atoms. The number of amides is 1. The molecule has 9 nitrogen and oxygen atoms in total. The second-order valence-electron chi connectivity index (χ2n) is 6.97. The van der Waals surface area contributed by atoms with Crippen LogP contribution in [0.5, 0.6) is 0 Å². The van der Waals surface area contributed by atoms with Crippen LogP contribution in [-0.4, -0.2) is 54.2 Å². The molecular weight excluding hydrogens is 501 g/mol. The maximum atomic E-state index is 11.8. The lowest BCUT2D eigenvalue weighted by Crippen LogP contribution is -2.50. The number of hydrogen-bond acceptors (Lipinski definition) is 5. The van der Waals surface area contributed by atoms with Crippen LogP contribution >= 0.6 is 24.0 Å². The molecule has 0 aromatic heterocycles. The van der Waals surface area contributed by atoms with Crippen LogP contribution in [0.25, 0.3) is 0 Å². The molecular formula is C20H32IN5O4. The summed E-state index contributed by atoms with van der Waals surface area (Å²) in [6.45, 7) is 6.89. The molecule has 0 spiro atoms. The van der Waals surface area contributed by atoms with Crippen LogP contribution in [0.4, 0.5) is 10.5 Å². The fourth-order valence-corrected chi connectivity index (χ4v) is 3.04. The van der Waals surface area contributed by atoms with Crippen molar-refractivity contribution < 1.29 is 14.5 Å². The molecule has 0 atom stereocenters. The zero-order chi connectivity index (χ0) is 21.1. The number of nitro benzene ring substituents is 1. The fourth-order valence-electron chi connectivity index (χ4n) is 3.04. The molecule has 1 aromatic carbocycles. The minimum Gasteiger partial charge on any atom is -0.450 e. The van der Waals surface area contributed by atoms with Gasteiger partial charge in [0.2, 0.25) is 0 Å². The summed E-state index contributed by atoms with van der Waals surface area (Å²) >= 11 is 0. The number of piperidine rings is 1. The van der Waals surface area contributed by atoms with E-state index in [-0.39, 0.29) is 41.8 Å². The molecule has 1 aliphatic heterocycles. The summed E-state index contributed by atoms with van der Waals surface area (Å²) < 4.78 is 5.06. The number of nitrogens with zero attached hydrogens (tertiary/aromatic N) is 3. The van der Waals surface area contributed by atoms with E-state index in [4.69, 9.17) is 4.74 Å². The maximum absolute atomic E-state index is 11.8. The van der Waals surface area contributed by atoms with Gasteiger partial charge < -0.3 is 20.3 Å². The van der Waals surface area contributed by atoms with Crippen molar-refractivity contribution in [2.45, 2.75) is 52.1 Å². The first-order valence-corrected chi connectivity index (χ1v) is 10.2. The van der Waals surface area contributed by atoms with Crippen molar-refractivity contribution >= 4 is 41.7 Å². The van der Waals surface area contributed by atoms with Gasteiger partial charge in [-0.05, 0) is 31.7 Å². The van der Waals surface area contributed by atoms with Crippen molar-refractivity contribution in [1.29, 1.82) is 0 Å². The zero-order valence-corrected chi connectivity index (χ0v) is 20.0. The van der Waals surface area contributed by atoms with Crippen LogP contribution in [0.15, 0.2) is 29.3 Å². The first kappa shape index (κ1) is 25.9. The Balaban J connectivity index is 0.00000450. The molecule has 1 fully saturated rings. The second kappa shape index (κ2) is 14.0. The number of rotatable bonds is 8. The quantitative estimate of drug-likeness (QED) is 0.132. The summed E-state index contributed by atoms with van der Waals surface area (Å²) in [6.07, 6.45) is 3.52. The number of nitro groups is 1. The molecule has 10 heteroatoms. The maximum Gasteiger partial charge on any atom is 0.409 e. The van der Waals surface area contributed by atoms with Crippen molar-refractivity contribution in [2.75, 3.05) is 26.2 Å². The van der Waals surface area contributed by atoms with Gasteiger partial charge >= 0.3 is 6.09 Å². The number of benzene rings is 1. The molecule has 0 radical (unpaired) electrons. The monoisotopic (exact) mass is 533 g/mol. The van der Waals surface area contributed by atoms with Gasteiger partial charge in [-0.25, -0.2) is 9.79 Å². The number of likely N-dealkylation sites (tertiary alicyclic amines) is 1. The Hall–Kier alpha value is -2.11. The van der Waals surface area contributed by atoms with Gasteiger partial charge in [-0.1, -0.05) is 25.5 Å². The summed E-state index contributed by atoms with van der Waals surface area (Å²) in [5.74, 6) is 0.728. The van der Waals surface area contributed by atoms with Crippen LogP contribution in [0.3, 0.4) is 0 Å². The van der Waals surface area contributed by atoms with Gasteiger partial charge in [0.25, 0.3) is 5.69 Å². The Morgan fingerprint density at radius 1 is 1.27 bits per heavy atom. The Labute approximate surface area is 194 Å². The molecule has 0 aliphatic carbocycles. The topological polar surface area (TPSA) is 109 Å². The number of nitrogens with one attached hydrogen (secondary N) is 2. The number of carbonyl (C=O) groups excluding carboxylic acids is 1. The van der Waals surface area contributed by atoms with Crippen LogP contribution in [-0.2, 0) is 11.3 Å². The van der Waals surface area contributed by atoms with E-state index in [1.54, 1.807) is 17.0 Å². The van der Waals surface area contributed by atoms with Crippen LogP contribution in [0.2, 0.25) is 0 Å². The summed E-state index contributed by atoms with van der Waals surface area (Å²) in [6, 6.07) is 6.67. The largest absolute Gasteiger partial charge is 0.450 e. The summed E-state index contributed by atoms with van der Waals surface area (Å²) in [7, 11) is 0. The highest BCUT2D eigenvalue weighted by Gasteiger charge is 2.24. The molecule has 1 saturated heterocycles. The minimum atomic E-state index is -0.408.